The fraction of sp³-hybridized carbons (Fsp3) is 0.750. The summed E-state index contributed by atoms with van der Waals surface area (Å²) in [6, 6.07) is 5.42. The fourth-order valence-corrected chi connectivity index (χ4v) is 17.4. The molecule has 9 nitrogen and oxygen atoms in total. The van der Waals surface area contributed by atoms with Gasteiger partial charge in [0.2, 0.25) is 5.88 Å². The number of nitrogens with one attached hydrogen (secondary N) is 1. The summed E-state index contributed by atoms with van der Waals surface area (Å²) in [5.41, 5.74) is 3.02. The Kier molecular flexibility index (Phi) is 11.7. The summed E-state index contributed by atoms with van der Waals surface area (Å²) in [6.07, 6.45) is 22.7. The van der Waals surface area contributed by atoms with Crippen molar-refractivity contribution in [3.8, 4) is 11.9 Å². The van der Waals surface area contributed by atoms with Gasteiger partial charge < -0.3 is 20.3 Å². The molecule has 0 aromatic carbocycles. The highest BCUT2D eigenvalue weighted by Gasteiger charge is 2.70. The van der Waals surface area contributed by atoms with Crippen molar-refractivity contribution in [1.29, 1.82) is 5.26 Å². The molecule has 0 amide bonds. The summed E-state index contributed by atoms with van der Waals surface area (Å²) < 4.78 is 30.4. The number of pyridine rings is 1. The number of carboxylic acids is 1. The van der Waals surface area contributed by atoms with Crippen LogP contribution in [0.4, 0.5) is 0 Å². The number of sulfone groups is 1. The summed E-state index contributed by atoms with van der Waals surface area (Å²) in [7, 11) is -3.08. The predicted molar refractivity (Wildman–Crippen MR) is 244 cm³/mol. The van der Waals surface area contributed by atoms with Gasteiger partial charge in [0.15, 0.2) is 0 Å². The van der Waals surface area contributed by atoms with Crippen molar-refractivity contribution in [2.24, 2.45) is 56.7 Å². The molecule has 0 spiro atoms. The molecule has 8 rings (SSSR count). The maximum Gasteiger partial charge on any atom is 0.313 e. The Morgan fingerprint density at radius 3 is 2.34 bits per heavy atom. The Bertz CT molecular complexity index is 2170. The number of allylic oxidation sites excluding steroid dienone is 5. The lowest BCUT2D eigenvalue weighted by atomic mass is 9.33. The lowest BCUT2D eigenvalue weighted by molar-refractivity contribution is -0.221. The van der Waals surface area contributed by atoms with Crippen molar-refractivity contribution in [1.82, 2.24) is 10.3 Å². The number of ether oxygens (including phenoxy) is 1. The van der Waals surface area contributed by atoms with E-state index in [0.29, 0.717) is 86.5 Å². The number of nitrogens with zero attached hydrogens (tertiary/aromatic N) is 2. The van der Waals surface area contributed by atoms with E-state index in [1.807, 2.05) is 0 Å². The molecule has 0 unspecified atom stereocenters. The lowest BCUT2D eigenvalue weighted by Gasteiger charge is -2.72. The molecular formula is C52H75N3O6S. The van der Waals surface area contributed by atoms with Gasteiger partial charge in [-0.3, -0.25) is 4.79 Å². The van der Waals surface area contributed by atoms with Gasteiger partial charge in [-0.2, -0.15) is 5.26 Å². The SMILES string of the molecule is C=C(C)[C@@H]1CC[C@]2(NCCC3(O)CCC(S(C)(=O)=O)CC3)CC[C@]3(C)[C@H](CC[C@@H]4[C@@]5(C)CC=C(C6=CC[C@@](COc7ncccc7C#N)(C(=O)O)CC6)C(C)(C)[C@@H]5CC[C@]43C)[C@@H]12. The van der Waals surface area contributed by atoms with E-state index in [4.69, 9.17) is 4.74 Å². The third-order valence-corrected chi connectivity index (χ3v) is 21.7. The highest BCUT2D eigenvalue weighted by atomic mass is 32.2. The van der Waals surface area contributed by atoms with Crippen LogP contribution in [0.5, 0.6) is 5.88 Å². The van der Waals surface area contributed by atoms with Gasteiger partial charge in [0.1, 0.15) is 33.5 Å². The van der Waals surface area contributed by atoms with E-state index in [2.05, 4.69) is 76.6 Å². The Balaban J connectivity index is 0.998. The Hall–Kier alpha value is -3.00. The minimum absolute atomic E-state index is 0.0230. The second-order valence-corrected chi connectivity index (χ2v) is 25.4. The monoisotopic (exact) mass is 870 g/mol. The van der Waals surface area contributed by atoms with Crippen molar-refractivity contribution in [2.75, 3.05) is 19.4 Å². The predicted octanol–water partition coefficient (Wildman–Crippen LogP) is 10.2. The van der Waals surface area contributed by atoms with E-state index in [1.54, 1.807) is 18.3 Å². The van der Waals surface area contributed by atoms with Crippen molar-refractivity contribution in [3.05, 3.63) is 59.3 Å². The van der Waals surface area contributed by atoms with E-state index >= 15 is 0 Å². The molecule has 1 heterocycles. The number of aliphatic carboxylic acids is 1. The molecule has 0 radical (unpaired) electrons. The average molecular weight is 870 g/mol. The maximum absolute atomic E-state index is 12.8. The van der Waals surface area contributed by atoms with Crippen LogP contribution in [0.15, 0.2) is 53.8 Å². The molecule has 7 aliphatic carbocycles. The average Bonchev–Trinajstić information content (AvgIpc) is 3.60. The van der Waals surface area contributed by atoms with Crippen molar-refractivity contribution >= 4 is 15.8 Å². The number of hydrogen-bond acceptors (Lipinski definition) is 8. The quantitative estimate of drug-likeness (QED) is 0.185. The zero-order valence-corrected chi connectivity index (χ0v) is 39.6. The molecule has 3 N–H and O–H groups in total. The summed E-state index contributed by atoms with van der Waals surface area (Å²) in [5.74, 6) is 2.06. The molecule has 7 aliphatic rings. The molecule has 10 atom stereocenters. The topological polar surface area (TPSA) is 150 Å². The Morgan fingerprint density at radius 2 is 1.69 bits per heavy atom. The molecule has 1 aromatic rings. The van der Waals surface area contributed by atoms with Crippen LogP contribution in [0, 0.1) is 68.0 Å². The van der Waals surface area contributed by atoms with Gasteiger partial charge in [-0.1, -0.05) is 58.9 Å². The van der Waals surface area contributed by atoms with E-state index in [9.17, 15) is 28.7 Å². The Morgan fingerprint density at radius 1 is 0.952 bits per heavy atom. The van der Waals surface area contributed by atoms with Gasteiger partial charge in [0, 0.05) is 18.0 Å². The van der Waals surface area contributed by atoms with Crippen LogP contribution in [0.2, 0.25) is 0 Å². The normalized spacial score (nSPS) is 42.4. The fourth-order valence-electron chi connectivity index (χ4n) is 16.3. The number of rotatable bonds is 11. The number of fused-ring (bicyclic) bond motifs is 7. The van der Waals surface area contributed by atoms with E-state index in [0.717, 1.165) is 25.8 Å². The number of carboxylic acid groups (broad SMARTS) is 1. The van der Waals surface area contributed by atoms with E-state index in [-0.39, 0.29) is 44.9 Å². The number of aromatic nitrogens is 1. The van der Waals surface area contributed by atoms with Crippen LogP contribution in [0.25, 0.3) is 0 Å². The third-order valence-electron chi connectivity index (χ3n) is 20.0. The Labute approximate surface area is 372 Å². The standard InChI is InChI=1S/C52H75N3O6S/c1-34(2)38-17-26-52(55-31-29-51(58)24-15-37(16-25-51)62(8,59)60)28-27-48(6)40(43(38)52)11-12-42-47(5)20-18-39(46(3,4)41(47)19-21-49(42,48)7)35-13-22-50(23-14-35,45(56)57)33-61-44-36(32-53)10-9-30-54-44/h9-10,13,18,30,37-38,40-43,55,58H,1,11-12,14-17,19-29,31,33H2,2-8H3,(H,56,57)/t37?,38-,40+,41-,42+,43+,47-,48+,49+,50+,51?,52-/m0/s1. The second kappa shape index (κ2) is 15.9. The number of aliphatic hydroxyl groups is 1. The maximum atomic E-state index is 12.8. The first kappa shape index (κ1) is 45.6. The minimum Gasteiger partial charge on any atom is -0.481 e. The highest BCUT2D eigenvalue weighted by Crippen LogP contribution is 2.76. The van der Waals surface area contributed by atoms with Crippen molar-refractivity contribution < 1.29 is 28.2 Å². The molecule has 0 saturated heterocycles. The van der Waals surface area contributed by atoms with Crippen LogP contribution in [0.1, 0.15) is 156 Å². The van der Waals surface area contributed by atoms with Crippen LogP contribution in [-0.4, -0.2) is 65.4 Å². The number of hydrogen-bond donors (Lipinski definition) is 3. The van der Waals surface area contributed by atoms with Gasteiger partial charge in [-0.05, 0) is 197 Å². The van der Waals surface area contributed by atoms with Crippen LogP contribution < -0.4 is 10.1 Å². The van der Waals surface area contributed by atoms with Gasteiger partial charge in [-0.25, -0.2) is 13.4 Å². The molecule has 62 heavy (non-hydrogen) atoms. The molecule has 340 valence electrons. The molecule has 1 aromatic heterocycles. The summed E-state index contributed by atoms with van der Waals surface area (Å²) in [4.78, 5) is 17.0. The van der Waals surface area contributed by atoms with Gasteiger partial charge >= 0.3 is 5.97 Å². The van der Waals surface area contributed by atoms with Crippen LogP contribution in [0.3, 0.4) is 0 Å². The molecule has 5 saturated carbocycles. The first-order chi connectivity index (χ1) is 29.1. The molecule has 5 fully saturated rings. The van der Waals surface area contributed by atoms with Crippen LogP contribution >= 0.6 is 0 Å². The van der Waals surface area contributed by atoms with Crippen molar-refractivity contribution in [2.45, 2.75) is 167 Å². The third kappa shape index (κ3) is 7.25. The van der Waals surface area contributed by atoms with E-state index in [1.165, 1.54) is 61.5 Å². The molecule has 10 heteroatoms. The summed E-state index contributed by atoms with van der Waals surface area (Å²) >= 11 is 0. The minimum atomic E-state index is -3.08. The number of nitriles is 1. The smallest absolute Gasteiger partial charge is 0.313 e. The first-order valence-electron chi connectivity index (χ1n) is 24.0. The van der Waals surface area contributed by atoms with Gasteiger partial charge in [0.25, 0.3) is 0 Å². The van der Waals surface area contributed by atoms with E-state index < -0.39 is 26.8 Å². The zero-order chi connectivity index (χ0) is 44.7. The van der Waals surface area contributed by atoms with Gasteiger partial charge in [0.05, 0.1) is 10.9 Å². The zero-order valence-electron chi connectivity index (χ0n) is 38.8. The van der Waals surface area contributed by atoms with Gasteiger partial charge in [-0.15, -0.1) is 0 Å². The molecule has 0 aliphatic heterocycles. The lowest BCUT2D eigenvalue weighted by Crippen LogP contribution is -2.68. The van der Waals surface area contributed by atoms with Crippen LogP contribution in [-0.2, 0) is 14.6 Å². The first-order valence-corrected chi connectivity index (χ1v) is 26.0. The highest BCUT2D eigenvalue weighted by molar-refractivity contribution is 7.91. The van der Waals surface area contributed by atoms with Crippen molar-refractivity contribution in [3.63, 3.8) is 0 Å². The number of carbonyl (C=O) groups is 1. The summed E-state index contributed by atoms with van der Waals surface area (Å²) in [5, 5.41) is 35.5. The largest absolute Gasteiger partial charge is 0.481 e. The molecule has 0 bridgehead atoms. The molecular weight excluding hydrogens is 795 g/mol. The second-order valence-electron chi connectivity index (χ2n) is 23.1. The summed E-state index contributed by atoms with van der Waals surface area (Å²) in [6.45, 7) is 20.5.